The van der Waals surface area contributed by atoms with Gasteiger partial charge in [-0.3, -0.25) is 9.88 Å². The average molecular weight is 407 g/mol. The van der Waals surface area contributed by atoms with Crippen molar-refractivity contribution in [2.75, 3.05) is 11.9 Å². The third-order valence-corrected chi connectivity index (χ3v) is 5.36. The monoisotopic (exact) mass is 406 g/mol. The zero-order valence-corrected chi connectivity index (χ0v) is 17.0. The summed E-state index contributed by atoms with van der Waals surface area (Å²) in [6.07, 6.45) is 3.18. The maximum absolute atomic E-state index is 14.9. The molecular weight excluding hydrogens is 386 g/mol. The second kappa shape index (κ2) is 6.41. The molecule has 2 aromatic rings. The summed E-state index contributed by atoms with van der Waals surface area (Å²) in [5.41, 5.74) is 2.34. The van der Waals surface area contributed by atoms with Crippen LogP contribution in [0.3, 0.4) is 0 Å². The van der Waals surface area contributed by atoms with Crippen molar-refractivity contribution < 1.29 is 18.3 Å². The number of amides is 1. The van der Waals surface area contributed by atoms with Crippen molar-refractivity contribution in [2.24, 2.45) is 0 Å². The van der Waals surface area contributed by atoms with Crippen molar-refractivity contribution in [3.05, 3.63) is 45.7 Å². The van der Waals surface area contributed by atoms with E-state index in [0.717, 1.165) is 24.5 Å². The van der Waals surface area contributed by atoms with Gasteiger partial charge in [-0.05, 0) is 50.7 Å². The van der Waals surface area contributed by atoms with Crippen LogP contribution in [-0.2, 0) is 11.2 Å². The molecule has 1 heterocycles. The molecule has 28 heavy (non-hydrogen) atoms. The molecule has 0 saturated heterocycles. The highest BCUT2D eigenvalue weighted by atomic mass is 35.5. The Balaban J connectivity index is 1.87. The first kappa shape index (κ1) is 19.1. The minimum Gasteiger partial charge on any atom is -0.443 e. The Morgan fingerprint density at radius 2 is 1.96 bits per heavy atom. The summed E-state index contributed by atoms with van der Waals surface area (Å²) < 4.78 is 34.8. The van der Waals surface area contributed by atoms with E-state index in [1.54, 1.807) is 27.0 Å². The number of anilines is 1. The molecule has 1 saturated carbocycles. The fraction of sp³-hybridized carbons (Fsp3) is 0.429. The van der Waals surface area contributed by atoms with Crippen LogP contribution in [0.5, 0.6) is 0 Å². The first-order valence-electron chi connectivity index (χ1n) is 9.23. The molecular formula is C21H21ClF2N2O2. The van der Waals surface area contributed by atoms with Crippen molar-refractivity contribution in [2.45, 2.75) is 51.6 Å². The Kier molecular flexibility index (Phi) is 4.38. The van der Waals surface area contributed by atoms with Gasteiger partial charge in [0.25, 0.3) is 0 Å². The Morgan fingerprint density at radius 3 is 2.57 bits per heavy atom. The van der Waals surface area contributed by atoms with E-state index in [4.69, 9.17) is 16.3 Å². The zero-order valence-electron chi connectivity index (χ0n) is 16.2. The molecule has 0 aliphatic heterocycles. The van der Waals surface area contributed by atoms with Crippen LogP contribution in [0.2, 0.25) is 5.02 Å². The molecule has 0 atom stereocenters. The second-order valence-electron chi connectivity index (χ2n) is 8.38. The van der Waals surface area contributed by atoms with E-state index in [1.807, 2.05) is 0 Å². The highest BCUT2D eigenvalue weighted by Crippen LogP contribution is 2.53. The number of carbonyl (C=O) groups is 1. The van der Waals surface area contributed by atoms with Crippen molar-refractivity contribution in [1.29, 1.82) is 0 Å². The summed E-state index contributed by atoms with van der Waals surface area (Å²) in [6.45, 7) is 5.24. The van der Waals surface area contributed by atoms with Crippen LogP contribution >= 0.6 is 11.6 Å². The fourth-order valence-corrected chi connectivity index (χ4v) is 4.01. The number of benzene rings is 1. The average Bonchev–Trinajstić information content (AvgIpc) is 3.35. The fourth-order valence-electron chi connectivity index (χ4n) is 3.71. The first-order chi connectivity index (χ1) is 13.1. The predicted molar refractivity (Wildman–Crippen MR) is 104 cm³/mol. The number of hydrogen-bond donors (Lipinski definition) is 0. The molecule has 148 valence electrons. The van der Waals surface area contributed by atoms with Gasteiger partial charge in [-0.2, -0.15) is 0 Å². The molecule has 4 nitrogen and oxygen atoms in total. The van der Waals surface area contributed by atoms with E-state index in [0.29, 0.717) is 28.3 Å². The van der Waals surface area contributed by atoms with Gasteiger partial charge < -0.3 is 4.74 Å². The molecule has 0 spiro atoms. The molecule has 2 aliphatic carbocycles. The van der Waals surface area contributed by atoms with Crippen LogP contribution in [0.25, 0.3) is 11.1 Å². The Morgan fingerprint density at radius 1 is 1.29 bits per heavy atom. The van der Waals surface area contributed by atoms with E-state index in [2.05, 4.69) is 4.98 Å². The summed E-state index contributed by atoms with van der Waals surface area (Å²) in [4.78, 5) is 18.1. The molecule has 4 rings (SSSR count). The third kappa shape index (κ3) is 3.13. The maximum Gasteiger partial charge on any atom is 0.414 e. The van der Waals surface area contributed by atoms with E-state index in [-0.39, 0.29) is 17.2 Å². The maximum atomic E-state index is 14.9. The van der Waals surface area contributed by atoms with Gasteiger partial charge in [-0.1, -0.05) is 11.6 Å². The Hall–Kier alpha value is -2.21. The van der Waals surface area contributed by atoms with Gasteiger partial charge in [0, 0.05) is 36.9 Å². The van der Waals surface area contributed by atoms with E-state index < -0.39 is 23.3 Å². The number of carbonyl (C=O) groups excluding carboxylic acids is 1. The van der Waals surface area contributed by atoms with Gasteiger partial charge >= 0.3 is 6.09 Å². The van der Waals surface area contributed by atoms with Crippen molar-refractivity contribution >= 4 is 23.4 Å². The third-order valence-electron chi connectivity index (χ3n) is 5.06. The number of hydrogen-bond acceptors (Lipinski definition) is 3. The Bertz CT molecular complexity index is 997. The van der Waals surface area contributed by atoms with E-state index >= 15 is 0 Å². The van der Waals surface area contributed by atoms with Gasteiger partial charge in [-0.25, -0.2) is 13.6 Å². The molecule has 0 radical (unpaired) electrons. The van der Waals surface area contributed by atoms with Gasteiger partial charge in [0.1, 0.15) is 5.60 Å². The van der Waals surface area contributed by atoms with Crippen LogP contribution in [0.1, 0.15) is 56.4 Å². The lowest BCUT2D eigenvalue weighted by atomic mass is 9.97. The van der Waals surface area contributed by atoms with Crippen molar-refractivity contribution in [3.63, 3.8) is 0 Å². The van der Waals surface area contributed by atoms with Crippen molar-refractivity contribution in [3.8, 4) is 11.1 Å². The number of aromatic nitrogens is 1. The number of nitrogens with zero attached hydrogens (tertiary/aromatic N) is 2. The van der Waals surface area contributed by atoms with Crippen LogP contribution < -0.4 is 4.90 Å². The van der Waals surface area contributed by atoms with E-state index in [1.165, 1.54) is 11.9 Å². The summed E-state index contributed by atoms with van der Waals surface area (Å²) in [5, 5.41) is 0.472. The number of fused-ring (bicyclic) bond motifs is 3. The molecule has 1 aromatic heterocycles. The predicted octanol–water partition coefficient (Wildman–Crippen LogP) is 5.83. The lowest BCUT2D eigenvalue weighted by Gasteiger charge is -2.26. The lowest BCUT2D eigenvalue weighted by Crippen LogP contribution is -2.34. The summed E-state index contributed by atoms with van der Waals surface area (Å²) in [5.74, 6) is -1.70. The zero-order chi connectivity index (χ0) is 20.4. The van der Waals surface area contributed by atoms with Crippen LogP contribution in [-0.4, -0.2) is 23.7 Å². The minimum absolute atomic E-state index is 0.164. The minimum atomic E-state index is -1.02. The number of ether oxygens (including phenoxy) is 1. The molecule has 0 N–H and O–H groups in total. The van der Waals surface area contributed by atoms with Crippen LogP contribution in [0.15, 0.2) is 12.3 Å². The Labute approximate surface area is 167 Å². The summed E-state index contributed by atoms with van der Waals surface area (Å²) in [6, 6.07) is 1.04. The van der Waals surface area contributed by atoms with Crippen molar-refractivity contribution in [1.82, 2.24) is 4.98 Å². The molecule has 2 aliphatic rings. The normalized spacial score (nSPS) is 15.2. The molecule has 1 fully saturated rings. The standard InChI is InChI=1S/C21H21ClF2N2O2/c1-21(2,3)28-20(27)26(4)15-8-13(23)19(24)17-11(15)7-14-18(17)16(10-5-6-10)12(22)9-25-14/h8-10H,5-7H2,1-4H3. The lowest BCUT2D eigenvalue weighted by molar-refractivity contribution is 0.0589. The van der Waals surface area contributed by atoms with E-state index in [9.17, 15) is 13.6 Å². The number of rotatable bonds is 2. The molecule has 7 heteroatoms. The first-order valence-corrected chi connectivity index (χ1v) is 9.61. The highest BCUT2D eigenvalue weighted by molar-refractivity contribution is 6.31. The topological polar surface area (TPSA) is 42.4 Å². The highest BCUT2D eigenvalue weighted by Gasteiger charge is 2.38. The van der Waals surface area contributed by atoms with Gasteiger partial charge in [0.2, 0.25) is 0 Å². The van der Waals surface area contributed by atoms with Crippen LogP contribution in [0, 0.1) is 11.6 Å². The molecule has 1 aromatic carbocycles. The number of halogens is 3. The van der Waals surface area contributed by atoms with Gasteiger partial charge in [0.15, 0.2) is 11.6 Å². The largest absolute Gasteiger partial charge is 0.443 e. The smallest absolute Gasteiger partial charge is 0.414 e. The SMILES string of the molecule is CN(C(=O)OC(C)(C)C)c1cc(F)c(F)c2c1Cc1ncc(Cl)c(C3CC3)c1-2. The molecule has 0 unspecified atom stereocenters. The molecule has 0 bridgehead atoms. The quantitative estimate of drug-likeness (QED) is 0.537. The van der Waals surface area contributed by atoms with Crippen LogP contribution in [0.4, 0.5) is 19.3 Å². The van der Waals surface area contributed by atoms with Gasteiger partial charge in [-0.15, -0.1) is 0 Å². The number of pyridine rings is 1. The summed E-state index contributed by atoms with van der Waals surface area (Å²) >= 11 is 6.36. The second-order valence-corrected chi connectivity index (χ2v) is 8.78. The summed E-state index contributed by atoms with van der Waals surface area (Å²) in [7, 11) is 1.49. The molecule has 1 amide bonds. The van der Waals surface area contributed by atoms with Gasteiger partial charge in [0.05, 0.1) is 16.4 Å².